The van der Waals surface area contributed by atoms with Gasteiger partial charge in [-0.1, -0.05) is 54.6 Å². The van der Waals surface area contributed by atoms with Gasteiger partial charge in [0.15, 0.2) is 11.4 Å². The Kier molecular flexibility index (Phi) is 8.85. The Hall–Kier alpha value is -5.00. The van der Waals surface area contributed by atoms with E-state index >= 15 is 0 Å². The van der Waals surface area contributed by atoms with Gasteiger partial charge in [0, 0.05) is 56.6 Å². The van der Waals surface area contributed by atoms with Crippen molar-refractivity contribution in [2.45, 2.75) is 31.3 Å². The van der Waals surface area contributed by atoms with E-state index < -0.39 is 29.4 Å². The fourth-order valence-electron chi connectivity index (χ4n) is 5.83. The molecular weight excluding hydrogens is 622 g/mol. The lowest BCUT2D eigenvalue weighted by atomic mass is 9.90. The summed E-state index contributed by atoms with van der Waals surface area (Å²) in [6.45, 7) is 1.38. The molecule has 47 heavy (non-hydrogen) atoms. The molecule has 3 aromatic carbocycles. The third-order valence-corrected chi connectivity index (χ3v) is 8.29. The lowest BCUT2D eigenvalue weighted by Crippen LogP contribution is -2.49. The van der Waals surface area contributed by atoms with Crippen molar-refractivity contribution in [3.05, 3.63) is 131 Å². The molecular formula is C35H30F6N4O2. The van der Waals surface area contributed by atoms with E-state index in [0.29, 0.717) is 41.4 Å². The van der Waals surface area contributed by atoms with Crippen LogP contribution in [0.15, 0.2) is 103 Å². The monoisotopic (exact) mass is 652 g/mol. The fraction of sp³-hybridized carbons (Fsp3) is 0.257. The molecule has 5 aromatic rings. The minimum atomic E-state index is -4.58. The van der Waals surface area contributed by atoms with Gasteiger partial charge >= 0.3 is 12.4 Å². The highest BCUT2D eigenvalue weighted by Gasteiger charge is 2.34. The first kappa shape index (κ1) is 32.0. The molecule has 1 aliphatic rings. The summed E-state index contributed by atoms with van der Waals surface area (Å²) in [5.41, 5.74) is 1.04. The van der Waals surface area contributed by atoms with Crippen molar-refractivity contribution in [2.24, 2.45) is 0 Å². The number of ether oxygens (including phenoxy) is 1. The molecule has 6 nitrogen and oxygen atoms in total. The topological polar surface area (TPSA) is 50.1 Å². The number of carbonyl (C=O) groups excluding carboxylic acids is 1. The van der Waals surface area contributed by atoms with Gasteiger partial charge in [-0.05, 0) is 47.5 Å². The lowest BCUT2D eigenvalue weighted by Gasteiger charge is -2.37. The second-order valence-electron chi connectivity index (χ2n) is 11.3. The molecule has 0 aliphatic carbocycles. The number of fused-ring (bicyclic) bond motifs is 1. The maximum absolute atomic E-state index is 13.7. The van der Waals surface area contributed by atoms with Crippen LogP contribution in [0, 0.1) is 0 Å². The SMILES string of the molecule is O=C(CC(c1cccc(C(F)(F)F)c1)c1cnc2c(OCc3ccccc3)cccn12)N1CCN(c2cccc(C(F)(F)F)c2)CC1. The summed E-state index contributed by atoms with van der Waals surface area (Å²) in [6.07, 6.45) is -5.92. The fourth-order valence-corrected chi connectivity index (χ4v) is 5.83. The van der Waals surface area contributed by atoms with Gasteiger partial charge in [-0.25, -0.2) is 4.98 Å². The normalized spacial score (nSPS) is 14.8. The summed E-state index contributed by atoms with van der Waals surface area (Å²) in [5, 5.41) is 0. The molecule has 1 aliphatic heterocycles. The summed E-state index contributed by atoms with van der Waals surface area (Å²) < 4.78 is 88.8. The van der Waals surface area contributed by atoms with Crippen molar-refractivity contribution in [3.63, 3.8) is 0 Å². The number of aromatic nitrogens is 2. The predicted octanol–water partition coefficient (Wildman–Crippen LogP) is 7.82. The van der Waals surface area contributed by atoms with Gasteiger partial charge < -0.3 is 18.9 Å². The minimum absolute atomic E-state index is 0.145. The highest BCUT2D eigenvalue weighted by Crippen LogP contribution is 2.36. The highest BCUT2D eigenvalue weighted by molar-refractivity contribution is 5.78. The number of amides is 1. The van der Waals surface area contributed by atoms with Crippen molar-refractivity contribution in [3.8, 4) is 5.75 Å². The van der Waals surface area contributed by atoms with E-state index in [1.54, 1.807) is 50.9 Å². The molecule has 0 spiro atoms. The molecule has 0 bridgehead atoms. The molecule has 1 saturated heterocycles. The van der Waals surface area contributed by atoms with Gasteiger partial charge in [0.05, 0.1) is 16.8 Å². The molecule has 0 N–H and O–H groups in total. The summed E-state index contributed by atoms with van der Waals surface area (Å²) in [7, 11) is 0. The number of hydrogen-bond acceptors (Lipinski definition) is 4. The van der Waals surface area contributed by atoms with Crippen LogP contribution in [0.4, 0.5) is 32.0 Å². The third-order valence-electron chi connectivity index (χ3n) is 8.29. The molecule has 2 aromatic heterocycles. The number of carbonyl (C=O) groups is 1. The number of halogens is 6. The first-order valence-corrected chi connectivity index (χ1v) is 15.0. The Balaban J connectivity index is 1.25. The highest BCUT2D eigenvalue weighted by atomic mass is 19.4. The van der Waals surface area contributed by atoms with Crippen LogP contribution in [-0.4, -0.2) is 46.4 Å². The number of nitrogens with zero attached hydrogens (tertiary/aromatic N) is 4. The molecule has 6 rings (SSSR count). The van der Waals surface area contributed by atoms with E-state index in [9.17, 15) is 31.1 Å². The second kappa shape index (κ2) is 13.0. The zero-order valence-corrected chi connectivity index (χ0v) is 25.0. The maximum Gasteiger partial charge on any atom is 0.416 e. The van der Waals surface area contributed by atoms with E-state index in [-0.39, 0.29) is 32.0 Å². The number of hydrogen-bond donors (Lipinski definition) is 0. The zero-order valence-electron chi connectivity index (χ0n) is 25.0. The van der Waals surface area contributed by atoms with Gasteiger partial charge in [-0.3, -0.25) is 4.79 Å². The number of benzene rings is 3. The number of pyridine rings is 1. The van der Waals surface area contributed by atoms with Gasteiger partial charge in [0.25, 0.3) is 0 Å². The number of rotatable bonds is 8. The largest absolute Gasteiger partial charge is 0.485 e. The van der Waals surface area contributed by atoms with Crippen LogP contribution in [0.5, 0.6) is 5.75 Å². The number of anilines is 1. The van der Waals surface area contributed by atoms with Gasteiger partial charge in [0.1, 0.15) is 6.61 Å². The van der Waals surface area contributed by atoms with Crippen molar-refractivity contribution >= 4 is 17.2 Å². The standard InChI is InChI=1S/C35H30F6N4O2/c36-34(37,38)26-10-4-9-25(19-26)29(30-22-42-33-31(13-6-14-45(30)33)47-23-24-7-2-1-3-8-24)21-32(46)44-17-15-43(16-18-44)28-12-5-11-27(20-28)35(39,40)41/h1-14,19-20,22,29H,15-18,21,23H2. The summed E-state index contributed by atoms with van der Waals surface area (Å²) in [6, 6.07) is 23.0. The van der Waals surface area contributed by atoms with Crippen molar-refractivity contribution in [1.82, 2.24) is 14.3 Å². The van der Waals surface area contributed by atoms with E-state index in [2.05, 4.69) is 4.98 Å². The second-order valence-corrected chi connectivity index (χ2v) is 11.3. The van der Waals surface area contributed by atoms with Crippen LogP contribution in [0.1, 0.15) is 40.3 Å². The Morgan fingerprint density at radius 3 is 2.17 bits per heavy atom. The average molecular weight is 653 g/mol. The Labute approximate surface area is 266 Å². The molecule has 244 valence electrons. The molecule has 1 fully saturated rings. The summed E-state index contributed by atoms with van der Waals surface area (Å²) >= 11 is 0. The molecule has 0 radical (unpaired) electrons. The number of imidazole rings is 1. The van der Waals surface area contributed by atoms with Crippen LogP contribution in [-0.2, 0) is 23.8 Å². The van der Waals surface area contributed by atoms with Gasteiger partial charge in [0.2, 0.25) is 5.91 Å². The summed E-state index contributed by atoms with van der Waals surface area (Å²) in [4.78, 5) is 21.7. The van der Waals surface area contributed by atoms with Gasteiger partial charge in [-0.2, -0.15) is 26.3 Å². The molecule has 1 amide bonds. The van der Waals surface area contributed by atoms with E-state index in [4.69, 9.17) is 4.74 Å². The van der Waals surface area contributed by atoms with Crippen molar-refractivity contribution in [2.75, 3.05) is 31.1 Å². The van der Waals surface area contributed by atoms with Crippen LogP contribution in [0.3, 0.4) is 0 Å². The molecule has 3 heterocycles. The Morgan fingerprint density at radius 1 is 0.787 bits per heavy atom. The van der Waals surface area contributed by atoms with E-state index in [0.717, 1.165) is 29.8 Å². The quantitative estimate of drug-likeness (QED) is 0.161. The Bertz CT molecular complexity index is 1850. The third kappa shape index (κ3) is 7.21. The maximum atomic E-state index is 13.7. The van der Waals surface area contributed by atoms with Gasteiger partial charge in [-0.15, -0.1) is 0 Å². The van der Waals surface area contributed by atoms with E-state index in [1.165, 1.54) is 12.1 Å². The lowest BCUT2D eigenvalue weighted by molar-refractivity contribution is -0.138. The minimum Gasteiger partial charge on any atom is -0.485 e. The first-order chi connectivity index (χ1) is 22.5. The molecule has 1 unspecified atom stereocenters. The molecule has 0 saturated carbocycles. The van der Waals surface area contributed by atoms with Crippen LogP contribution < -0.4 is 9.64 Å². The zero-order chi connectivity index (χ0) is 33.2. The number of alkyl halides is 6. The first-order valence-electron chi connectivity index (χ1n) is 15.0. The average Bonchev–Trinajstić information content (AvgIpc) is 3.50. The van der Waals surface area contributed by atoms with Crippen molar-refractivity contribution in [1.29, 1.82) is 0 Å². The van der Waals surface area contributed by atoms with Crippen LogP contribution in [0.25, 0.3) is 5.65 Å². The van der Waals surface area contributed by atoms with Crippen LogP contribution in [0.2, 0.25) is 0 Å². The predicted molar refractivity (Wildman–Crippen MR) is 164 cm³/mol. The van der Waals surface area contributed by atoms with Crippen molar-refractivity contribution < 1.29 is 35.9 Å². The molecule has 1 atom stereocenters. The Morgan fingerprint density at radius 2 is 1.47 bits per heavy atom. The van der Waals surface area contributed by atoms with Crippen LogP contribution >= 0.6 is 0 Å². The number of piperazine rings is 1. The molecule has 12 heteroatoms. The van der Waals surface area contributed by atoms with E-state index in [1.807, 2.05) is 30.3 Å². The smallest absolute Gasteiger partial charge is 0.416 e. The summed E-state index contributed by atoms with van der Waals surface area (Å²) in [5.74, 6) is -0.601.